The van der Waals surface area contributed by atoms with Gasteiger partial charge in [-0.25, -0.2) is 9.48 Å². The molecule has 4 rings (SSSR count). The van der Waals surface area contributed by atoms with Crippen LogP contribution in [0.5, 0.6) is 5.75 Å². The third kappa shape index (κ3) is 10.2. The van der Waals surface area contributed by atoms with E-state index in [1.165, 1.54) is 75.6 Å². The van der Waals surface area contributed by atoms with E-state index in [2.05, 4.69) is 38.5 Å². The highest BCUT2D eigenvalue weighted by Gasteiger charge is 2.33. The van der Waals surface area contributed by atoms with Gasteiger partial charge in [-0.15, -0.1) is 5.10 Å². The summed E-state index contributed by atoms with van der Waals surface area (Å²) in [5, 5.41) is 11.2. The fourth-order valence-electron chi connectivity index (χ4n) is 5.56. The molecule has 10 heteroatoms. The van der Waals surface area contributed by atoms with E-state index in [4.69, 9.17) is 9.47 Å². The van der Waals surface area contributed by atoms with Gasteiger partial charge in [0.1, 0.15) is 16.8 Å². The van der Waals surface area contributed by atoms with E-state index in [1.54, 1.807) is 60.7 Å². The number of rotatable bonds is 20. The van der Waals surface area contributed by atoms with E-state index >= 15 is 0 Å². The molecule has 0 saturated carbocycles. The number of amides is 1. The normalized spacial score (nSPS) is 11.7. The quantitative estimate of drug-likeness (QED) is 0.0423. The number of carbonyl (C=O) groups excluding carboxylic acids is 3. The van der Waals surface area contributed by atoms with Crippen LogP contribution in [0.25, 0.3) is 11.0 Å². The number of anilines is 1. The highest BCUT2D eigenvalue weighted by molar-refractivity contribution is 9.10. The zero-order valence-corrected chi connectivity index (χ0v) is 29.0. The minimum atomic E-state index is -1.40. The van der Waals surface area contributed by atoms with Gasteiger partial charge in [0.25, 0.3) is 5.91 Å². The van der Waals surface area contributed by atoms with Gasteiger partial charge in [0, 0.05) is 10.0 Å². The second-order valence-corrected chi connectivity index (χ2v) is 12.6. The average molecular weight is 706 g/mol. The van der Waals surface area contributed by atoms with Gasteiger partial charge < -0.3 is 14.8 Å². The Morgan fingerprint density at radius 1 is 0.809 bits per heavy atom. The number of aromatic nitrogens is 3. The van der Waals surface area contributed by atoms with Crippen molar-refractivity contribution in [2.24, 2.45) is 0 Å². The summed E-state index contributed by atoms with van der Waals surface area (Å²) in [6, 6.07) is 17.2. The molecule has 0 bridgehead atoms. The van der Waals surface area contributed by atoms with Gasteiger partial charge in [-0.3, -0.25) is 9.59 Å². The van der Waals surface area contributed by atoms with Crippen molar-refractivity contribution in [2.75, 3.05) is 19.0 Å². The lowest BCUT2D eigenvalue weighted by Crippen LogP contribution is -2.33. The number of methoxy groups -OCH3 is 1. The third-order valence-corrected chi connectivity index (χ3v) is 8.81. The predicted molar refractivity (Wildman–Crippen MR) is 188 cm³/mol. The number of ether oxygens (including phenoxy) is 2. The van der Waals surface area contributed by atoms with Gasteiger partial charge in [-0.2, -0.15) is 0 Å². The van der Waals surface area contributed by atoms with Crippen LogP contribution >= 0.6 is 15.9 Å². The van der Waals surface area contributed by atoms with Crippen molar-refractivity contribution in [1.82, 2.24) is 15.0 Å². The van der Waals surface area contributed by atoms with Crippen LogP contribution in [0.15, 0.2) is 71.2 Å². The Labute approximate surface area is 285 Å². The first-order valence-corrected chi connectivity index (χ1v) is 17.5. The molecule has 0 aliphatic heterocycles. The van der Waals surface area contributed by atoms with Crippen LogP contribution in [0.3, 0.4) is 0 Å². The second-order valence-electron chi connectivity index (χ2n) is 11.7. The largest absolute Gasteiger partial charge is 0.495 e. The van der Waals surface area contributed by atoms with Crippen molar-refractivity contribution in [3.05, 3.63) is 82.3 Å². The molecular formula is C37H45BrN4O5. The van der Waals surface area contributed by atoms with Crippen LogP contribution in [0.1, 0.15) is 111 Å². The van der Waals surface area contributed by atoms with Gasteiger partial charge in [0.05, 0.1) is 25.0 Å². The SMILES string of the molecule is CCCCCCCCCCCCCCOC(=O)c1ccc(OC)c(NC(=O)C(C(=O)c2ccccc2)n2nnc3cccc(Br)c32)c1. The van der Waals surface area contributed by atoms with E-state index in [0.717, 1.165) is 19.3 Å². The number of esters is 1. The molecule has 9 nitrogen and oxygen atoms in total. The fourth-order valence-corrected chi connectivity index (χ4v) is 6.10. The number of fused-ring (bicyclic) bond motifs is 1. The highest BCUT2D eigenvalue weighted by atomic mass is 79.9. The minimum Gasteiger partial charge on any atom is -0.495 e. The first-order chi connectivity index (χ1) is 22.9. The summed E-state index contributed by atoms with van der Waals surface area (Å²) in [6.07, 6.45) is 14.7. The third-order valence-electron chi connectivity index (χ3n) is 8.17. The number of Topliss-reactive ketones (excluding diaryl/α,β-unsaturated/α-hetero) is 1. The Kier molecular flexibility index (Phi) is 14.4. The number of carbonyl (C=O) groups is 3. The number of hydrogen-bond donors (Lipinski definition) is 1. The van der Waals surface area contributed by atoms with Crippen LogP contribution in [-0.4, -0.2) is 46.4 Å². The number of para-hydroxylation sites is 1. The summed E-state index contributed by atoms with van der Waals surface area (Å²) in [5.74, 6) is -1.30. The smallest absolute Gasteiger partial charge is 0.338 e. The molecule has 250 valence electrons. The lowest BCUT2D eigenvalue weighted by atomic mass is 10.0. The van der Waals surface area contributed by atoms with E-state index in [-0.39, 0.29) is 11.3 Å². The van der Waals surface area contributed by atoms with Gasteiger partial charge in [0.2, 0.25) is 0 Å². The number of halogens is 1. The number of benzene rings is 3. The molecule has 1 unspecified atom stereocenters. The Morgan fingerprint density at radius 2 is 1.47 bits per heavy atom. The van der Waals surface area contributed by atoms with Gasteiger partial charge in [-0.05, 0) is 52.7 Å². The van der Waals surface area contributed by atoms with Crippen molar-refractivity contribution in [3.8, 4) is 5.75 Å². The fraction of sp³-hybridized carbons (Fsp3) is 0.432. The van der Waals surface area contributed by atoms with Crippen LogP contribution in [-0.2, 0) is 9.53 Å². The van der Waals surface area contributed by atoms with Gasteiger partial charge in [-0.1, -0.05) is 119 Å². The molecule has 0 saturated heterocycles. The molecule has 0 aliphatic carbocycles. The van der Waals surface area contributed by atoms with Crippen molar-refractivity contribution >= 4 is 50.3 Å². The molecule has 1 aromatic heterocycles. The molecule has 1 amide bonds. The van der Waals surface area contributed by atoms with Crippen molar-refractivity contribution in [1.29, 1.82) is 0 Å². The molecule has 0 radical (unpaired) electrons. The van der Waals surface area contributed by atoms with Crippen LogP contribution in [0.4, 0.5) is 5.69 Å². The monoisotopic (exact) mass is 704 g/mol. The Hall–Kier alpha value is -4.05. The number of unbranched alkanes of at least 4 members (excludes halogenated alkanes) is 11. The number of nitrogens with one attached hydrogen (secondary N) is 1. The summed E-state index contributed by atoms with van der Waals surface area (Å²) < 4.78 is 13.0. The minimum absolute atomic E-state index is 0.228. The second kappa shape index (κ2) is 18.9. The Morgan fingerprint density at radius 3 is 2.13 bits per heavy atom. The maximum atomic E-state index is 13.9. The van der Waals surface area contributed by atoms with Crippen LogP contribution in [0, 0.1) is 0 Å². The molecule has 4 aromatic rings. The van der Waals surface area contributed by atoms with E-state index in [1.807, 2.05) is 0 Å². The first kappa shape index (κ1) is 35.8. The topological polar surface area (TPSA) is 112 Å². The predicted octanol–water partition coefficient (Wildman–Crippen LogP) is 9.12. The number of ketones is 1. The van der Waals surface area contributed by atoms with E-state index in [0.29, 0.717) is 33.4 Å². The molecular weight excluding hydrogens is 660 g/mol. The van der Waals surface area contributed by atoms with Crippen molar-refractivity contribution < 1.29 is 23.9 Å². The average Bonchev–Trinajstić information content (AvgIpc) is 3.52. The van der Waals surface area contributed by atoms with Crippen LogP contribution < -0.4 is 10.1 Å². The standard InChI is InChI=1S/C37H45BrN4O5/c1-3-4-5-6-7-8-9-10-11-12-13-17-25-47-37(45)28-23-24-32(46-2)31(26-28)39-36(44)34(35(43)27-19-15-14-16-20-27)42-33-29(38)21-18-22-30(33)40-41-42/h14-16,18-24,26,34H,3-13,17,25H2,1-2H3,(H,39,44). The molecule has 0 aliphatic rings. The summed E-state index contributed by atoms with van der Waals surface area (Å²) in [7, 11) is 1.46. The molecule has 1 N–H and O–H groups in total. The summed E-state index contributed by atoms with van der Waals surface area (Å²) in [4.78, 5) is 40.6. The summed E-state index contributed by atoms with van der Waals surface area (Å²) in [6.45, 7) is 2.57. The Balaban J connectivity index is 1.37. The molecule has 0 fully saturated rings. The first-order valence-electron chi connectivity index (χ1n) is 16.7. The summed E-state index contributed by atoms with van der Waals surface area (Å²) >= 11 is 3.51. The zero-order valence-electron chi connectivity index (χ0n) is 27.4. The van der Waals surface area contributed by atoms with E-state index in [9.17, 15) is 14.4 Å². The number of nitrogens with zero attached hydrogens (tertiary/aromatic N) is 3. The summed E-state index contributed by atoms with van der Waals surface area (Å²) in [5.41, 5.74) is 1.85. The highest BCUT2D eigenvalue weighted by Crippen LogP contribution is 2.30. The lowest BCUT2D eigenvalue weighted by molar-refractivity contribution is -0.118. The molecule has 3 aromatic carbocycles. The maximum Gasteiger partial charge on any atom is 0.338 e. The molecule has 0 spiro atoms. The van der Waals surface area contributed by atoms with E-state index < -0.39 is 23.7 Å². The lowest BCUT2D eigenvalue weighted by Gasteiger charge is -2.19. The van der Waals surface area contributed by atoms with Crippen molar-refractivity contribution in [3.63, 3.8) is 0 Å². The molecule has 47 heavy (non-hydrogen) atoms. The molecule has 1 atom stereocenters. The van der Waals surface area contributed by atoms with Gasteiger partial charge >= 0.3 is 5.97 Å². The molecule has 1 heterocycles. The Bertz CT molecular complexity index is 1610. The maximum absolute atomic E-state index is 13.9. The zero-order chi connectivity index (χ0) is 33.4. The van der Waals surface area contributed by atoms with Crippen molar-refractivity contribution in [2.45, 2.75) is 90.0 Å². The van der Waals surface area contributed by atoms with Gasteiger partial charge in [0.15, 0.2) is 11.8 Å². The van der Waals surface area contributed by atoms with Crippen LogP contribution in [0.2, 0.25) is 0 Å². The number of hydrogen-bond acceptors (Lipinski definition) is 7.